The molecule has 1 saturated carbocycles. The quantitative estimate of drug-likeness (QED) is 0.399. The molecule has 3 rings (SSSR count). The van der Waals surface area contributed by atoms with Crippen LogP contribution in [-0.2, 0) is 14.4 Å². The number of imide groups is 1. The number of nitrogens with one attached hydrogen (secondary N) is 1. The fraction of sp³-hybridized carbons (Fsp3) is 0.667. The van der Waals surface area contributed by atoms with Crippen molar-refractivity contribution < 1.29 is 19.5 Å². The second kappa shape index (κ2) is 5.60. The van der Waals surface area contributed by atoms with E-state index in [2.05, 4.69) is 17.5 Å². The molecule has 21 heavy (non-hydrogen) atoms. The fourth-order valence-electron chi connectivity index (χ4n) is 3.79. The number of allylic oxidation sites excluding steroid dienone is 2. The molecule has 114 valence electrons. The minimum atomic E-state index is -0.192. The Hall–Kier alpha value is -1.69. The van der Waals surface area contributed by atoms with Crippen LogP contribution in [-0.4, -0.2) is 47.4 Å². The third kappa shape index (κ3) is 2.37. The SMILES string of the molecule is O=C(CCN1C(=O)C2C3C=CC(C3)C2C1=O)NCCCO. The number of carbonyl (C=O) groups excluding carboxylic acids is 3. The highest BCUT2D eigenvalue weighted by Gasteiger charge is 2.58. The fourth-order valence-corrected chi connectivity index (χ4v) is 3.79. The van der Waals surface area contributed by atoms with Crippen molar-refractivity contribution in [3.63, 3.8) is 0 Å². The highest BCUT2D eigenvalue weighted by molar-refractivity contribution is 6.06. The zero-order chi connectivity index (χ0) is 15.0. The predicted molar refractivity (Wildman–Crippen MR) is 73.8 cm³/mol. The van der Waals surface area contributed by atoms with Gasteiger partial charge >= 0.3 is 0 Å². The average Bonchev–Trinajstić information content (AvgIpc) is 3.13. The second-order valence-corrected chi connectivity index (χ2v) is 6.01. The number of fused-ring (bicyclic) bond motifs is 5. The van der Waals surface area contributed by atoms with Crippen molar-refractivity contribution in [1.29, 1.82) is 0 Å². The van der Waals surface area contributed by atoms with E-state index in [1.54, 1.807) is 0 Å². The van der Waals surface area contributed by atoms with Crippen LogP contribution in [0, 0.1) is 23.7 Å². The largest absolute Gasteiger partial charge is 0.396 e. The first-order chi connectivity index (χ1) is 10.1. The molecule has 2 N–H and O–H groups in total. The first-order valence-corrected chi connectivity index (χ1v) is 7.54. The van der Waals surface area contributed by atoms with Crippen molar-refractivity contribution >= 4 is 17.7 Å². The van der Waals surface area contributed by atoms with Gasteiger partial charge in [-0.2, -0.15) is 0 Å². The molecule has 1 aliphatic heterocycles. The third-order valence-corrected chi connectivity index (χ3v) is 4.78. The van der Waals surface area contributed by atoms with Crippen LogP contribution in [0.3, 0.4) is 0 Å². The van der Waals surface area contributed by atoms with Crippen LogP contribution in [0.25, 0.3) is 0 Å². The van der Waals surface area contributed by atoms with E-state index in [-0.39, 0.29) is 61.0 Å². The van der Waals surface area contributed by atoms with Gasteiger partial charge in [-0.15, -0.1) is 0 Å². The average molecular weight is 292 g/mol. The van der Waals surface area contributed by atoms with Crippen LogP contribution in [0.2, 0.25) is 0 Å². The van der Waals surface area contributed by atoms with Crippen LogP contribution < -0.4 is 5.32 Å². The molecule has 6 heteroatoms. The summed E-state index contributed by atoms with van der Waals surface area (Å²) in [5.41, 5.74) is 0. The van der Waals surface area contributed by atoms with Gasteiger partial charge in [0.15, 0.2) is 0 Å². The number of carbonyl (C=O) groups is 3. The van der Waals surface area contributed by atoms with Gasteiger partial charge in [-0.3, -0.25) is 19.3 Å². The van der Waals surface area contributed by atoms with Gasteiger partial charge in [-0.25, -0.2) is 0 Å². The number of hydrogen-bond donors (Lipinski definition) is 2. The van der Waals surface area contributed by atoms with Crippen molar-refractivity contribution in [1.82, 2.24) is 10.2 Å². The number of likely N-dealkylation sites (tertiary alicyclic amines) is 1. The molecular weight excluding hydrogens is 272 g/mol. The van der Waals surface area contributed by atoms with Gasteiger partial charge in [0.1, 0.15) is 0 Å². The molecule has 4 unspecified atom stereocenters. The van der Waals surface area contributed by atoms with Gasteiger partial charge in [0, 0.05) is 26.1 Å². The molecule has 0 aromatic rings. The molecule has 4 atom stereocenters. The molecule has 2 aliphatic carbocycles. The lowest BCUT2D eigenvalue weighted by Gasteiger charge is -2.16. The van der Waals surface area contributed by atoms with Crippen molar-refractivity contribution in [2.24, 2.45) is 23.7 Å². The van der Waals surface area contributed by atoms with E-state index < -0.39 is 0 Å². The molecule has 2 fully saturated rings. The maximum Gasteiger partial charge on any atom is 0.233 e. The molecule has 0 aromatic carbocycles. The molecule has 1 saturated heterocycles. The summed E-state index contributed by atoms with van der Waals surface area (Å²) in [4.78, 5) is 37.6. The van der Waals surface area contributed by atoms with Gasteiger partial charge in [0.05, 0.1) is 11.8 Å². The lowest BCUT2D eigenvalue weighted by molar-refractivity contribution is -0.141. The number of hydrogen-bond acceptors (Lipinski definition) is 4. The Morgan fingerprint density at radius 2 is 1.86 bits per heavy atom. The summed E-state index contributed by atoms with van der Waals surface area (Å²) in [5.74, 6) is -0.369. The van der Waals surface area contributed by atoms with Gasteiger partial charge in [0.2, 0.25) is 17.7 Å². The highest BCUT2D eigenvalue weighted by atomic mass is 16.3. The van der Waals surface area contributed by atoms with Crippen LogP contribution >= 0.6 is 0 Å². The van der Waals surface area contributed by atoms with Gasteiger partial charge in [-0.05, 0) is 24.7 Å². The van der Waals surface area contributed by atoms with Crippen molar-refractivity contribution in [2.45, 2.75) is 19.3 Å². The number of nitrogens with zero attached hydrogens (tertiary/aromatic N) is 1. The van der Waals surface area contributed by atoms with E-state index in [1.165, 1.54) is 4.90 Å². The Kier molecular flexibility index (Phi) is 3.80. The summed E-state index contributed by atoms with van der Waals surface area (Å²) >= 11 is 0. The normalized spacial score (nSPS) is 32.9. The number of rotatable bonds is 6. The topological polar surface area (TPSA) is 86.7 Å². The minimum absolute atomic E-state index is 0.0303. The number of amides is 3. The molecule has 6 nitrogen and oxygen atoms in total. The summed E-state index contributed by atoms with van der Waals surface area (Å²) in [7, 11) is 0. The molecule has 0 aromatic heterocycles. The lowest BCUT2D eigenvalue weighted by atomic mass is 9.85. The molecular formula is C15H20N2O4. The number of aliphatic hydroxyl groups is 1. The van der Waals surface area contributed by atoms with Crippen LogP contribution in [0.4, 0.5) is 0 Å². The maximum atomic E-state index is 12.4. The highest BCUT2D eigenvalue weighted by Crippen LogP contribution is 2.52. The van der Waals surface area contributed by atoms with Gasteiger partial charge < -0.3 is 10.4 Å². The smallest absolute Gasteiger partial charge is 0.233 e. The Bertz CT molecular complexity index is 472. The number of aliphatic hydroxyl groups excluding tert-OH is 1. The Balaban J connectivity index is 1.55. The summed E-state index contributed by atoms with van der Waals surface area (Å²) < 4.78 is 0. The van der Waals surface area contributed by atoms with Crippen molar-refractivity contribution in [3.05, 3.63) is 12.2 Å². The van der Waals surface area contributed by atoms with Crippen molar-refractivity contribution in [3.8, 4) is 0 Å². The standard InChI is InChI=1S/C15H20N2O4/c18-7-1-5-16-11(19)4-6-17-14(20)12-9-2-3-10(8-9)13(12)15(17)21/h2-3,9-10,12-13,18H,1,4-8H2,(H,16,19). The Morgan fingerprint density at radius 3 is 2.43 bits per heavy atom. The van der Waals surface area contributed by atoms with E-state index in [9.17, 15) is 14.4 Å². The molecule has 1 heterocycles. The van der Waals surface area contributed by atoms with E-state index in [0.717, 1.165) is 6.42 Å². The summed E-state index contributed by atoms with van der Waals surface area (Å²) in [6, 6.07) is 0. The maximum absolute atomic E-state index is 12.4. The Labute approximate surface area is 123 Å². The van der Waals surface area contributed by atoms with Crippen LogP contribution in [0.1, 0.15) is 19.3 Å². The zero-order valence-corrected chi connectivity index (χ0v) is 11.8. The van der Waals surface area contributed by atoms with E-state index in [1.807, 2.05) is 0 Å². The molecule has 0 radical (unpaired) electrons. The summed E-state index contributed by atoms with van der Waals surface area (Å²) in [5, 5.41) is 11.3. The third-order valence-electron chi connectivity index (χ3n) is 4.78. The first kappa shape index (κ1) is 14.3. The summed E-state index contributed by atoms with van der Waals surface area (Å²) in [6.07, 6.45) is 5.67. The monoisotopic (exact) mass is 292 g/mol. The molecule has 2 bridgehead atoms. The summed E-state index contributed by atoms with van der Waals surface area (Å²) in [6.45, 7) is 0.605. The Morgan fingerprint density at radius 1 is 1.24 bits per heavy atom. The predicted octanol–water partition coefficient (Wildman–Crippen LogP) is -0.318. The van der Waals surface area contributed by atoms with E-state index in [0.29, 0.717) is 13.0 Å². The minimum Gasteiger partial charge on any atom is -0.396 e. The molecule has 3 amide bonds. The molecule has 3 aliphatic rings. The van der Waals surface area contributed by atoms with E-state index in [4.69, 9.17) is 5.11 Å². The van der Waals surface area contributed by atoms with Gasteiger partial charge in [-0.1, -0.05) is 12.2 Å². The van der Waals surface area contributed by atoms with Gasteiger partial charge in [0.25, 0.3) is 0 Å². The van der Waals surface area contributed by atoms with Crippen LogP contribution in [0.5, 0.6) is 0 Å². The van der Waals surface area contributed by atoms with E-state index >= 15 is 0 Å². The lowest BCUT2D eigenvalue weighted by Crippen LogP contribution is -2.36. The van der Waals surface area contributed by atoms with Crippen molar-refractivity contribution in [2.75, 3.05) is 19.7 Å². The zero-order valence-electron chi connectivity index (χ0n) is 11.8. The second-order valence-electron chi connectivity index (χ2n) is 6.01. The van der Waals surface area contributed by atoms with Crippen LogP contribution in [0.15, 0.2) is 12.2 Å². The first-order valence-electron chi connectivity index (χ1n) is 7.54. The molecule has 0 spiro atoms.